The Morgan fingerprint density at radius 1 is 1.10 bits per heavy atom. The smallest absolute Gasteiger partial charge is 0.127 e. The van der Waals surface area contributed by atoms with E-state index in [0.717, 1.165) is 16.9 Å². The van der Waals surface area contributed by atoms with Gasteiger partial charge in [-0.05, 0) is 31.2 Å². The molecule has 0 saturated carbocycles. The number of rotatable bonds is 1. The van der Waals surface area contributed by atoms with Crippen molar-refractivity contribution in [1.29, 1.82) is 0 Å². The zero-order valence-electron chi connectivity index (χ0n) is 11.1. The molecule has 0 spiro atoms. The molecular weight excluding hydrogens is 293 g/mol. The lowest BCUT2D eigenvalue weighted by Crippen LogP contribution is -2.24. The second-order valence-electron chi connectivity index (χ2n) is 5.16. The second kappa shape index (κ2) is 5.28. The van der Waals surface area contributed by atoms with Crippen molar-refractivity contribution in [2.24, 2.45) is 5.73 Å². The van der Waals surface area contributed by atoms with Crippen LogP contribution in [0.2, 0.25) is 10.0 Å². The van der Waals surface area contributed by atoms with Crippen LogP contribution in [0.4, 0.5) is 0 Å². The van der Waals surface area contributed by atoms with Crippen LogP contribution in [0.1, 0.15) is 35.3 Å². The first-order valence-corrected chi connectivity index (χ1v) is 7.28. The fraction of sp³-hybridized carbons (Fsp3) is 0.250. The van der Waals surface area contributed by atoms with Gasteiger partial charge in [-0.3, -0.25) is 0 Å². The van der Waals surface area contributed by atoms with E-state index in [1.54, 1.807) is 12.1 Å². The fourth-order valence-corrected chi connectivity index (χ4v) is 3.00. The number of nitrogens with two attached hydrogens (primary N) is 1. The molecule has 2 aromatic rings. The molecule has 1 unspecified atom stereocenters. The van der Waals surface area contributed by atoms with E-state index >= 15 is 0 Å². The first-order chi connectivity index (χ1) is 9.54. The van der Waals surface area contributed by atoms with Crippen LogP contribution in [0.25, 0.3) is 0 Å². The summed E-state index contributed by atoms with van der Waals surface area (Å²) >= 11 is 12.3. The van der Waals surface area contributed by atoms with Crippen molar-refractivity contribution in [2.45, 2.75) is 25.5 Å². The number of fused-ring (bicyclic) bond motifs is 1. The first-order valence-electron chi connectivity index (χ1n) is 6.52. The molecule has 20 heavy (non-hydrogen) atoms. The minimum atomic E-state index is -0.161. The molecule has 1 aliphatic rings. The molecule has 0 saturated heterocycles. The van der Waals surface area contributed by atoms with Gasteiger partial charge in [-0.15, -0.1) is 0 Å². The maximum absolute atomic E-state index is 6.28. The van der Waals surface area contributed by atoms with Crippen LogP contribution in [0.15, 0.2) is 36.4 Å². The molecule has 0 bridgehead atoms. The molecule has 0 fully saturated rings. The maximum Gasteiger partial charge on any atom is 0.127 e. The van der Waals surface area contributed by atoms with Gasteiger partial charge >= 0.3 is 0 Å². The monoisotopic (exact) mass is 307 g/mol. The number of halogens is 2. The Morgan fingerprint density at radius 3 is 2.70 bits per heavy atom. The molecule has 1 heterocycles. The molecule has 2 N–H and O–H groups in total. The fourth-order valence-electron chi connectivity index (χ4n) is 2.58. The molecule has 1 aliphatic heterocycles. The highest BCUT2D eigenvalue weighted by Crippen LogP contribution is 2.42. The molecular formula is C16H15Cl2NO. The van der Waals surface area contributed by atoms with Crippen molar-refractivity contribution in [3.63, 3.8) is 0 Å². The zero-order valence-corrected chi connectivity index (χ0v) is 12.6. The van der Waals surface area contributed by atoms with E-state index in [-0.39, 0.29) is 12.1 Å². The summed E-state index contributed by atoms with van der Waals surface area (Å²) in [5, 5.41) is 1.30. The Bertz CT molecular complexity index is 657. The van der Waals surface area contributed by atoms with Crippen LogP contribution in [0.5, 0.6) is 5.75 Å². The third-order valence-electron chi connectivity index (χ3n) is 3.61. The number of hydrogen-bond acceptors (Lipinski definition) is 2. The first kappa shape index (κ1) is 13.7. The Labute approximate surface area is 128 Å². The van der Waals surface area contributed by atoms with Gasteiger partial charge in [0.2, 0.25) is 0 Å². The van der Waals surface area contributed by atoms with Crippen LogP contribution in [0.3, 0.4) is 0 Å². The van der Waals surface area contributed by atoms with E-state index < -0.39 is 0 Å². The largest absolute Gasteiger partial charge is 0.485 e. The quantitative estimate of drug-likeness (QED) is 0.819. The normalized spacial score (nSPS) is 21.2. The van der Waals surface area contributed by atoms with Crippen LogP contribution in [-0.4, -0.2) is 0 Å². The summed E-state index contributed by atoms with van der Waals surface area (Å²) in [6, 6.07) is 11.4. The van der Waals surface area contributed by atoms with E-state index in [1.807, 2.05) is 25.1 Å². The summed E-state index contributed by atoms with van der Waals surface area (Å²) in [6.07, 6.45) is 0.530. The van der Waals surface area contributed by atoms with Gasteiger partial charge < -0.3 is 10.5 Å². The van der Waals surface area contributed by atoms with Gasteiger partial charge in [0.1, 0.15) is 11.9 Å². The molecule has 104 valence electrons. The van der Waals surface area contributed by atoms with E-state index in [1.165, 1.54) is 5.56 Å². The summed E-state index contributed by atoms with van der Waals surface area (Å²) in [6.45, 7) is 2.05. The Balaban J connectivity index is 1.99. The third-order valence-corrected chi connectivity index (χ3v) is 4.19. The van der Waals surface area contributed by atoms with Crippen LogP contribution < -0.4 is 10.5 Å². The SMILES string of the molecule is Cc1ccc2c(c1)[C@@H](N)CC(c1cc(Cl)ccc1Cl)O2. The van der Waals surface area contributed by atoms with Gasteiger partial charge in [0.05, 0.1) is 0 Å². The highest BCUT2D eigenvalue weighted by atomic mass is 35.5. The molecule has 4 heteroatoms. The average molecular weight is 308 g/mol. The van der Waals surface area contributed by atoms with Crippen molar-refractivity contribution in [1.82, 2.24) is 0 Å². The van der Waals surface area contributed by atoms with Gasteiger partial charge in [0.15, 0.2) is 0 Å². The van der Waals surface area contributed by atoms with Crippen molar-refractivity contribution >= 4 is 23.2 Å². The minimum absolute atomic E-state index is 0.0568. The van der Waals surface area contributed by atoms with E-state index in [0.29, 0.717) is 16.5 Å². The molecule has 2 nitrogen and oxygen atoms in total. The average Bonchev–Trinajstić information content (AvgIpc) is 2.42. The van der Waals surface area contributed by atoms with Gasteiger partial charge in [-0.2, -0.15) is 0 Å². The second-order valence-corrected chi connectivity index (χ2v) is 6.00. The standard InChI is InChI=1S/C16H15Cl2NO/c1-9-2-5-15-12(6-9)14(19)8-16(20-15)11-7-10(17)3-4-13(11)18/h2-7,14,16H,8,19H2,1H3/t14-,16?/m0/s1. The Hall–Kier alpha value is -1.22. The third kappa shape index (κ3) is 2.51. The summed E-state index contributed by atoms with van der Waals surface area (Å²) in [4.78, 5) is 0. The highest BCUT2D eigenvalue weighted by molar-refractivity contribution is 6.33. The number of ether oxygens (including phenoxy) is 1. The van der Waals surface area contributed by atoms with Crippen molar-refractivity contribution in [3.8, 4) is 5.75 Å². The van der Waals surface area contributed by atoms with Crippen LogP contribution in [-0.2, 0) is 0 Å². The van der Waals surface area contributed by atoms with Crippen molar-refractivity contribution in [2.75, 3.05) is 0 Å². The van der Waals surface area contributed by atoms with E-state index in [2.05, 4.69) is 6.07 Å². The van der Waals surface area contributed by atoms with Crippen LogP contribution >= 0.6 is 23.2 Å². The number of benzene rings is 2. The van der Waals surface area contributed by atoms with Gasteiger partial charge in [-0.25, -0.2) is 0 Å². The lowest BCUT2D eigenvalue weighted by Gasteiger charge is -2.31. The molecule has 3 rings (SSSR count). The van der Waals surface area contributed by atoms with Gasteiger partial charge in [-0.1, -0.05) is 40.9 Å². The molecule has 0 amide bonds. The zero-order chi connectivity index (χ0) is 14.3. The molecule has 2 atom stereocenters. The highest BCUT2D eigenvalue weighted by Gasteiger charge is 2.28. The van der Waals surface area contributed by atoms with Crippen LogP contribution in [0, 0.1) is 6.92 Å². The summed E-state index contributed by atoms with van der Waals surface area (Å²) in [7, 11) is 0. The molecule has 0 radical (unpaired) electrons. The van der Waals surface area contributed by atoms with E-state index in [4.69, 9.17) is 33.7 Å². The summed E-state index contributed by atoms with van der Waals surface area (Å²) in [5.74, 6) is 0.829. The number of aryl methyl sites for hydroxylation is 1. The molecule has 0 aliphatic carbocycles. The molecule has 2 aromatic carbocycles. The summed E-state index contributed by atoms with van der Waals surface area (Å²) < 4.78 is 6.06. The molecule has 0 aromatic heterocycles. The van der Waals surface area contributed by atoms with Crippen molar-refractivity contribution in [3.05, 3.63) is 63.1 Å². The minimum Gasteiger partial charge on any atom is -0.485 e. The van der Waals surface area contributed by atoms with Gasteiger partial charge in [0.25, 0.3) is 0 Å². The Morgan fingerprint density at radius 2 is 1.90 bits per heavy atom. The predicted molar refractivity (Wildman–Crippen MR) is 82.6 cm³/mol. The number of hydrogen-bond donors (Lipinski definition) is 1. The topological polar surface area (TPSA) is 35.2 Å². The maximum atomic E-state index is 6.28. The van der Waals surface area contributed by atoms with Crippen molar-refractivity contribution < 1.29 is 4.74 Å². The van der Waals surface area contributed by atoms with E-state index in [9.17, 15) is 0 Å². The lowest BCUT2D eigenvalue weighted by molar-refractivity contribution is 0.161. The lowest BCUT2D eigenvalue weighted by atomic mass is 9.92. The Kier molecular flexibility index (Phi) is 3.63. The van der Waals surface area contributed by atoms with Gasteiger partial charge in [0, 0.05) is 33.6 Å². The summed E-state index contributed by atoms with van der Waals surface area (Å²) in [5.41, 5.74) is 9.40. The predicted octanol–water partition coefficient (Wildman–Crippen LogP) is 4.83.